The molecule has 3 aromatic rings. The Balaban J connectivity index is 2.06. The van der Waals surface area contributed by atoms with Crippen LogP contribution in [0.4, 0.5) is 4.79 Å². The summed E-state index contributed by atoms with van der Waals surface area (Å²) in [4.78, 5) is 24.6. The van der Waals surface area contributed by atoms with E-state index in [1.165, 1.54) is 7.11 Å². The quantitative estimate of drug-likeness (QED) is 0.372. The predicted octanol–water partition coefficient (Wildman–Crippen LogP) is 5.70. The fourth-order valence-electron chi connectivity index (χ4n) is 3.29. The monoisotopic (exact) mass is 457 g/mol. The molecular formula is C23H24BrNO4. The van der Waals surface area contributed by atoms with Crippen molar-refractivity contribution in [3.63, 3.8) is 0 Å². The number of methoxy groups -OCH3 is 1. The van der Waals surface area contributed by atoms with E-state index in [2.05, 4.69) is 15.9 Å². The van der Waals surface area contributed by atoms with Gasteiger partial charge >= 0.3 is 12.1 Å². The highest BCUT2D eigenvalue weighted by Crippen LogP contribution is 2.31. The Morgan fingerprint density at radius 2 is 1.69 bits per heavy atom. The smallest absolute Gasteiger partial charge is 0.419 e. The van der Waals surface area contributed by atoms with Crippen molar-refractivity contribution in [2.24, 2.45) is 0 Å². The molecule has 0 bridgehead atoms. The average Bonchev–Trinajstić information content (AvgIpc) is 3.00. The van der Waals surface area contributed by atoms with E-state index in [1.54, 1.807) is 16.7 Å². The van der Waals surface area contributed by atoms with Gasteiger partial charge in [-0.1, -0.05) is 46.3 Å². The van der Waals surface area contributed by atoms with Gasteiger partial charge in [0.15, 0.2) is 0 Å². The Bertz CT molecular complexity index is 1050. The number of esters is 1. The highest BCUT2D eigenvalue weighted by Gasteiger charge is 2.25. The van der Waals surface area contributed by atoms with Gasteiger partial charge in [-0.2, -0.15) is 0 Å². The predicted molar refractivity (Wildman–Crippen MR) is 117 cm³/mol. The molecule has 0 atom stereocenters. The lowest BCUT2D eigenvalue weighted by Crippen LogP contribution is -2.28. The average molecular weight is 458 g/mol. The summed E-state index contributed by atoms with van der Waals surface area (Å²) in [6.07, 6.45) is 0.231. The second-order valence-corrected chi connectivity index (χ2v) is 8.32. The van der Waals surface area contributed by atoms with Gasteiger partial charge in [-0.15, -0.1) is 0 Å². The lowest BCUT2D eigenvalue weighted by Gasteiger charge is -2.21. The Morgan fingerprint density at radius 3 is 2.28 bits per heavy atom. The van der Waals surface area contributed by atoms with Crippen molar-refractivity contribution in [2.75, 3.05) is 7.11 Å². The minimum atomic E-state index is -0.587. The number of ether oxygens (including phenoxy) is 2. The number of carbonyl (C=O) groups excluding carboxylic acids is 2. The molecule has 0 fully saturated rings. The topological polar surface area (TPSA) is 57.5 Å². The first kappa shape index (κ1) is 21.1. The first-order valence-electron chi connectivity index (χ1n) is 9.33. The van der Waals surface area contributed by atoms with E-state index in [4.69, 9.17) is 9.47 Å². The molecule has 0 aliphatic rings. The summed E-state index contributed by atoms with van der Waals surface area (Å²) in [5.41, 5.74) is 3.68. The molecule has 0 saturated carbocycles. The van der Waals surface area contributed by atoms with Crippen LogP contribution < -0.4 is 0 Å². The molecule has 6 heteroatoms. The first-order chi connectivity index (χ1) is 13.7. The summed E-state index contributed by atoms with van der Waals surface area (Å²) < 4.78 is 12.0. The number of nitrogens with zero attached hydrogens (tertiary/aromatic N) is 1. The number of benzene rings is 2. The summed E-state index contributed by atoms with van der Waals surface area (Å²) in [6.45, 7) is 5.57. The number of fused-ring (bicyclic) bond motifs is 1. The Labute approximate surface area is 178 Å². The lowest BCUT2D eigenvalue weighted by atomic mass is 10.0. The fourth-order valence-corrected chi connectivity index (χ4v) is 3.88. The van der Waals surface area contributed by atoms with Crippen molar-refractivity contribution in [3.05, 3.63) is 70.9 Å². The summed E-state index contributed by atoms with van der Waals surface area (Å²) >= 11 is 3.55. The number of rotatable bonds is 4. The maximum Gasteiger partial charge on any atom is 0.419 e. The van der Waals surface area contributed by atoms with Gasteiger partial charge < -0.3 is 9.47 Å². The number of halogens is 1. The van der Waals surface area contributed by atoms with Gasteiger partial charge in [0.2, 0.25) is 0 Å². The van der Waals surface area contributed by atoms with Crippen molar-refractivity contribution in [1.82, 2.24) is 4.57 Å². The number of para-hydroxylation sites is 1. The van der Waals surface area contributed by atoms with Gasteiger partial charge in [0.05, 0.1) is 18.2 Å². The van der Waals surface area contributed by atoms with Crippen molar-refractivity contribution >= 4 is 38.9 Å². The van der Waals surface area contributed by atoms with E-state index < -0.39 is 11.7 Å². The zero-order valence-corrected chi connectivity index (χ0v) is 18.6. The lowest BCUT2D eigenvalue weighted by molar-refractivity contribution is 0.0539. The van der Waals surface area contributed by atoms with Crippen molar-refractivity contribution < 1.29 is 19.1 Å². The van der Waals surface area contributed by atoms with Crippen molar-refractivity contribution in [2.45, 2.75) is 38.1 Å². The Hall–Kier alpha value is -2.60. The van der Waals surface area contributed by atoms with Gasteiger partial charge in [0.1, 0.15) is 5.60 Å². The molecule has 0 spiro atoms. The minimum Gasteiger partial charge on any atom is -0.465 e. The number of hydrogen-bond acceptors (Lipinski definition) is 4. The van der Waals surface area contributed by atoms with E-state index >= 15 is 0 Å². The van der Waals surface area contributed by atoms with Gasteiger partial charge in [-0.05, 0) is 56.5 Å². The summed E-state index contributed by atoms with van der Waals surface area (Å²) in [5, 5.41) is 1.51. The molecule has 0 radical (unpaired) electrons. The summed E-state index contributed by atoms with van der Waals surface area (Å²) in [5.74, 6) is -0.362. The van der Waals surface area contributed by atoms with Crippen LogP contribution in [0.25, 0.3) is 10.9 Å². The van der Waals surface area contributed by atoms with Crippen LogP contribution in [0.2, 0.25) is 0 Å². The molecule has 0 unspecified atom stereocenters. The normalized spacial score (nSPS) is 11.5. The molecule has 5 nitrogen and oxygen atoms in total. The first-order valence-corrected chi connectivity index (χ1v) is 10.4. The highest BCUT2D eigenvalue weighted by molar-refractivity contribution is 9.08. The maximum atomic E-state index is 12.9. The third-order valence-corrected chi connectivity index (χ3v) is 5.08. The van der Waals surface area contributed by atoms with Crippen LogP contribution in [-0.4, -0.2) is 29.3 Å². The van der Waals surface area contributed by atoms with Gasteiger partial charge in [-0.3, -0.25) is 0 Å². The van der Waals surface area contributed by atoms with Crippen LogP contribution in [0.3, 0.4) is 0 Å². The Morgan fingerprint density at radius 1 is 1.03 bits per heavy atom. The second kappa shape index (κ2) is 8.41. The second-order valence-electron chi connectivity index (χ2n) is 7.76. The van der Waals surface area contributed by atoms with Gasteiger partial charge in [0.25, 0.3) is 0 Å². The molecule has 0 aliphatic heterocycles. The number of alkyl halides is 1. The number of hydrogen-bond donors (Lipinski definition) is 0. The fraction of sp³-hybridized carbons (Fsp3) is 0.304. The third kappa shape index (κ3) is 4.53. The van der Waals surface area contributed by atoms with Crippen LogP contribution in [0.5, 0.6) is 0 Å². The molecule has 0 amide bonds. The molecule has 2 aromatic carbocycles. The Kier molecular flexibility index (Phi) is 6.13. The van der Waals surface area contributed by atoms with E-state index in [0.717, 1.165) is 27.7 Å². The third-order valence-electron chi connectivity index (χ3n) is 4.55. The molecule has 0 N–H and O–H groups in total. The SMILES string of the molecule is COC(=O)c1ccc(Cc2c(CBr)n(C(=O)OC(C)(C)C)c3ccccc23)cc1. The van der Waals surface area contributed by atoms with Gasteiger partial charge in [-0.25, -0.2) is 14.2 Å². The molecule has 1 heterocycles. The van der Waals surface area contributed by atoms with E-state index in [1.807, 2.05) is 57.2 Å². The van der Waals surface area contributed by atoms with Crippen LogP contribution in [0.15, 0.2) is 48.5 Å². The van der Waals surface area contributed by atoms with Crippen molar-refractivity contribution in [3.8, 4) is 0 Å². The van der Waals surface area contributed by atoms with E-state index in [0.29, 0.717) is 17.3 Å². The molecule has 0 aliphatic carbocycles. The molecular weight excluding hydrogens is 434 g/mol. The van der Waals surface area contributed by atoms with E-state index in [-0.39, 0.29) is 5.97 Å². The molecule has 152 valence electrons. The van der Waals surface area contributed by atoms with Crippen LogP contribution in [0, 0.1) is 0 Å². The van der Waals surface area contributed by atoms with Crippen LogP contribution >= 0.6 is 15.9 Å². The zero-order chi connectivity index (χ0) is 21.2. The maximum absolute atomic E-state index is 12.9. The number of aromatic nitrogens is 1. The summed E-state index contributed by atoms with van der Waals surface area (Å²) in [7, 11) is 1.37. The molecule has 1 aromatic heterocycles. The molecule has 0 saturated heterocycles. The van der Waals surface area contributed by atoms with Gasteiger partial charge in [0, 0.05) is 16.4 Å². The van der Waals surface area contributed by atoms with Crippen LogP contribution in [0.1, 0.15) is 48.0 Å². The largest absolute Gasteiger partial charge is 0.465 e. The standard InChI is InChI=1S/C23H24BrNO4/c1-23(2,3)29-22(27)25-19-8-6-5-7-17(19)18(20(25)14-24)13-15-9-11-16(12-10-15)21(26)28-4/h5-12H,13-14H2,1-4H3. The number of carbonyl (C=O) groups is 2. The van der Waals surface area contributed by atoms with Crippen LogP contribution in [-0.2, 0) is 21.2 Å². The molecule has 3 rings (SSSR count). The summed E-state index contributed by atoms with van der Waals surface area (Å²) in [6, 6.07) is 15.1. The zero-order valence-electron chi connectivity index (χ0n) is 17.0. The molecule has 29 heavy (non-hydrogen) atoms. The van der Waals surface area contributed by atoms with Crippen molar-refractivity contribution in [1.29, 1.82) is 0 Å². The minimum absolute atomic E-state index is 0.362. The van der Waals surface area contributed by atoms with E-state index in [9.17, 15) is 9.59 Å². The highest BCUT2D eigenvalue weighted by atomic mass is 79.9.